The number of carbonyl (C=O) groups is 3. The average Bonchev–Trinajstić information content (AvgIpc) is 3.17. The molecule has 2 aromatic rings. The Kier molecular flexibility index (Phi) is 5.58. The minimum Gasteiger partial charge on any atom is -0.481 e. The number of ether oxygens (including phenoxy) is 1. The van der Waals surface area contributed by atoms with Crippen molar-refractivity contribution in [2.75, 3.05) is 6.61 Å². The molecule has 0 unspecified atom stereocenters. The molecule has 0 saturated heterocycles. The number of hydrogen-bond acceptors (Lipinski definition) is 4. The van der Waals surface area contributed by atoms with Crippen LogP contribution >= 0.6 is 0 Å². The fourth-order valence-corrected chi connectivity index (χ4v) is 5.95. The molecule has 1 atom stereocenters. The molecule has 3 saturated carbocycles. The molecule has 2 amide bonds. The zero-order valence-electron chi connectivity index (χ0n) is 19.3. The van der Waals surface area contributed by atoms with Crippen LogP contribution in [0.3, 0.4) is 0 Å². The third kappa shape index (κ3) is 3.83. The fraction of sp³-hybridized carbons (Fsp3) is 0.444. The molecule has 178 valence electrons. The second-order valence-corrected chi connectivity index (χ2v) is 10.0. The number of carboxylic acids is 1. The number of carbonyl (C=O) groups excluding carboxylic acids is 2. The van der Waals surface area contributed by atoms with E-state index in [0.29, 0.717) is 38.5 Å². The van der Waals surface area contributed by atoms with E-state index in [1.165, 1.54) is 0 Å². The van der Waals surface area contributed by atoms with E-state index in [2.05, 4.69) is 34.9 Å². The van der Waals surface area contributed by atoms with E-state index in [1.54, 1.807) is 6.92 Å². The van der Waals surface area contributed by atoms with Gasteiger partial charge in [0.05, 0.1) is 5.41 Å². The van der Waals surface area contributed by atoms with Crippen molar-refractivity contribution in [2.24, 2.45) is 5.41 Å². The first-order valence-corrected chi connectivity index (χ1v) is 12.0. The Hall–Kier alpha value is -3.35. The van der Waals surface area contributed by atoms with Gasteiger partial charge >= 0.3 is 12.1 Å². The highest BCUT2D eigenvalue weighted by molar-refractivity contribution is 5.86. The van der Waals surface area contributed by atoms with Crippen molar-refractivity contribution >= 4 is 18.0 Å². The Labute approximate surface area is 198 Å². The monoisotopic (exact) mass is 462 g/mol. The number of amides is 2. The van der Waals surface area contributed by atoms with Gasteiger partial charge in [-0.25, -0.2) is 4.79 Å². The van der Waals surface area contributed by atoms with Crippen molar-refractivity contribution in [3.8, 4) is 11.1 Å². The smallest absolute Gasteiger partial charge is 0.407 e. The molecule has 7 heteroatoms. The molecule has 3 N–H and O–H groups in total. The number of carboxylic acid groups (broad SMARTS) is 1. The molecule has 6 rings (SSSR count). The Morgan fingerprint density at radius 1 is 0.941 bits per heavy atom. The summed E-state index contributed by atoms with van der Waals surface area (Å²) < 4.78 is 5.55. The molecule has 0 radical (unpaired) electrons. The van der Waals surface area contributed by atoms with Gasteiger partial charge in [-0.1, -0.05) is 48.5 Å². The van der Waals surface area contributed by atoms with Crippen molar-refractivity contribution < 1.29 is 24.2 Å². The highest BCUT2D eigenvalue weighted by Crippen LogP contribution is 2.52. The van der Waals surface area contributed by atoms with Crippen molar-refractivity contribution in [1.29, 1.82) is 0 Å². The molecule has 0 aromatic heterocycles. The van der Waals surface area contributed by atoms with Gasteiger partial charge in [0.15, 0.2) is 0 Å². The number of alkyl carbamates (subject to hydrolysis) is 1. The van der Waals surface area contributed by atoms with Crippen LogP contribution in [0.15, 0.2) is 48.5 Å². The normalized spacial score (nSPS) is 25.7. The Morgan fingerprint density at radius 3 is 2.00 bits per heavy atom. The summed E-state index contributed by atoms with van der Waals surface area (Å²) in [6.45, 7) is 1.83. The quantitative estimate of drug-likeness (QED) is 0.597. The van der Waals surface area contributed by atoms with Crippen LogP contribution < -0.4 is 10.6 Å². The highest BCUT2D eigenvalue weighted by Gasteiger charge is 2.53. The van der Waals surface area contributed by atoms with Gasteiger partial charge in [-0.15, -0.1) is 0 Å². The lowest BCUT2D eigenvalue weighted by Crippen LogP contribution is -2.61. The molecule has 4 aliphatic carbocycles. The fourth-order valence-electron chi connectivity index (χ4n) is 5.95. The summed E-state index contributed by atoms with van der Waals surface area (Å²) >= 11 is 0. The van der Waals surface area contributed by atoms with E-state index < -0.39 is 23.5 Å². The van der Waals surface area contributed by atoms with E-state index in [-0.39, 0.29) is 24.0 Å². The second kappa shape index (κ2) is 8.46. The molecule has 4 aliphatic rings. The standard InChI is InChI=1S/C27H30N2O5/c1-17(23(30)29-27-13-10-26(11-14-27,12-15-27)24(31)32)28-25(33)34-16-22-20-8-4-2-6-18(20)19-7-3-5-9-21(19)22/h2-9,17,22H,10-16H2,1H3,(H,28,33)(H,29,30)(H,31,32)/t17-,26?,27?/m0/s1. The third-order valence-corrected chi connectivity index (χ3v) is 8.16. The van der Waals surface area contributed by atoms with Crippen LogP contribution in [0.5, 0.6) is 0 Å². The van der Waals surface area contributed by atoms with Crippen LogP contribution in [0.25, 0.3) is 11.1 Å². The van der Waals surface area contributed by atoms with E-state index in [0.717, 1.165) is 22.3 Å². The molecule has 34 heavy (non-hydrogen) atoms. The minimum absolute atomic E-state index is 0.0415. The summed E-state index contributed by atoms with van der Waals surface area (Å²) in [5.41, 5.74) is 3.59. The van der Waals surface area contributed by atoms with Crippen molar-refractivity contribution in [3.63, 3.8) is 0 Å². The van der Waals surface area contributed by atoms with Gasteiger partial charge in [0.1, 0.15) is 12.6 Å². The molecule has 0 heterocycles. The second-order valence-electron chi connectivity index (χ2n) is 10.0. The van der Waals surface area contributed by atoms with Gasteiger partial charge in [-0.3, -0.25) is 9.59 Å². The van der Waals surface area contributed by atoms with Crippen LogP contribution in [-0.4, -0.2) is 41.3 Å². The lowest BCUT2D eigenvalue weighted by atomic mass is 9.57. The summed E-state index contributed by atoms with van der Waals surface area (Å²) in [6, 6.07) is 15.5. The van der Waals surface area contributed by atoms with Crippen LogP contribution in [-0.2, 0) is 14.3 Å². The number of hydrogen-bond donors (Lipinski definition) is 3. The topological polar surface area (TPSA) is 105 Å². The molecule has 3 fully saturated rings. The third-order valence-electron chi connectivity index (χ3n) is 8.16. The molecule has 0 aliphatic heterocycles. The average molecular weight is 463 g/mol. The maximum absolute atomic E-state index is 12.8. The van der Waals surface area contributed by atoms with Crippen molar-refractivity contribution in [2.45, 2.75) is 62.9 Å². The van der Waals surface area contributed by atoms with Crippen molar-refractivity contribution in [1.82, 2.24) is 10.6 Å². The summed E-state index contributed by atoms with van der Waals surface area (Å²) in [4.78, 5) is 37.0. The predicted octanol–water partition coefficient (Wildman–Crippen LogP) is 4.21. The van der Waals surface area contributed by atoms with Gasteiger partial charge in [0, 0.05) is 11.5 Å². The number of nitrogens with one attached hydrogen (secondary N) is 2. The Morgan fingerprint density at radius 2 is 1.47 bits per heavy atom. The Bertz CT molecular complexity index is 1070. The Balaban J connectivity index is 1.16. The molecule has 2 aromatic carbocycles. The number of rotatable bonds is 6. The predicted molar refractivity (Wildman–Crippen MR) is 126 cm³/mol. The van der Waals surface area contributed by atoms with Crippen LogP contribution in [0, 0.1) is 5.41 Å². The van der Waals surface area contributed by atoms with Gasteiger partial charge in [-0.2, -0.15) is 0 Å². The highest BCUT2D eigenvalue weighted by atomic mass is 16.5. The van der Waals surface area contributed by atoms with E-state index >= 15 is 0 Å². The van der Waals surface area contributed by atoms with Crippen LogP contribution in [0.4, 0.5) is 4.79 Å². The maximum atomic E-state index is 12.8. The van der Waals surface area contributed by atoms with Crippen molar-refractivity contribution in [3.05, 3.63) is 59.7 Å². The van der Waals surface area contributed by atoms with Gasteiger partial charge in [0.25, 0.3) is 0 Å². The zero-order valence-corrected chi connectivity index (χ0v) is 19.3. The lowest BCUT2D eigenvalue weighted by molar-refractivity contribution is -0.157. The summed E-state index contributed by atoms with van der Waals surface area (Å²) in [6.07, 6.45) is 3.08. The lowest BCUT2D eigenvalue weighted by Gasteiger charge is -2.51. The first-order valence-electron chi connectivity index (χ1n) is 12.0. The first kappa shape index (κ1) is 22.4. The van der Waals surface area contributed by atoms with Gasteiger partial charge in [-0.05, 0) is 67.7 Å². The molecular weight excluding hydrogens is 432 g/mol. The number of benzene rings is 2. The summed E-state index contributed by atoms with van der Waals surface area (Å²) in [5, 5.41) is 15.3. The molecule has 0 spiro atoms. The van der Waals surface area contributed by atoms with Crippen LogP contribution in [0.1, 0.15) is 62.5 Å². The molecular formula is C27H30N2O5. The summed E-state index contributed by atoms with van der Waals surface area (Å²) in [5.74, 6) is -1.03. The molecule has 7 nitrogen and oxygen atoms in total. The van der Waals surface area contributed by atoms with Gasteiger partial charge < -0.3 is 20.5 Å². The number of aliphatic carboxylic acids is 1. The van der Waals surface area contributed by atoms with Crippen LogP contribution in [0.2, 0.25) is 0 Å². The number of fused-ring (bicyclic) bond motifs is 6. The van der Waals surface area contributed by atoms with Gasteiger partial charge in [0.2, 0.25) is 5.91 Å². The van der Waals surface area contributed by atoms with E-state index in [4.69, 9.17) is 4.74 Å². The molecule has 2 bridgehead atoms. The largest absolute Gasteiger partial charge is 0.481 e. The van der Waals surface area contributed by atoms with E-state index in [1.807, 2.05) is 24.3 Å². The SMILES string of the molecule is C[C@H](NC(=O)OCC1c2ccccc2-c2ccccc21)C(=O)NC12CCC(C(=O)O)(CC1)CC2. The maximum Gasteiger partial charge on any atom is 0.407 e. The minimum atomic E-state index is -0.752. The first-order chi connectivity index (χ1) is 16.3. The summed E-state index contributed by atoms with van der Waals surface area (Å²) in [7, 11) is 0. The zero-order chi connectivity index (χ0) is 23.9. The van der Waals surface area contributed by atoms with E-state index in [9.17, 15) is 19.5 Å².